The van der Waals surface area contributed by atoms with Crippen LogP contribution in [0.1, 0.15) is 33.6 Å². The molecular formula is C12H22N2O2. The number of carbonyl (C=O) groups excluding carboxylic acids is 1. The molecule has 92 valence electrons. The van der Waals surface area contributed by atoms with Gasteiger partial charge < -0.3 is 9.64 Å². The lowest BCUT2D eigenvalue weighted by atomic mass is 10.1. The first kappa shape index (κ1) is 11.7. The van der Waals surface area contributed by atoms with E-state index < -0.39 is 5.60 Å². The van der Waals surface area contributed by atoms with Gasteiger partial charge >= 0.3 is 6.09 Å². The van der Waals surface area contributed by atoms with Crippen LogP contribution in [-0.4, -0.2) is 53.7 Å². The average molecular weight is 226 g/mol. The van der Waals surface area contributed by atoms with Crippen LogP contribution in [0, 0.1) is 0 Å². The molecule has 0 atom stereocenters. The zero-order valence-electron chi connectivity index (χ0n) is 10.7. The lowest BCUT2D eigenvalue weighted by molar-refractivity contribution is -0.00361. The SMILES string of the molecule is CN1CCN(C(=O)OC(C)(C)C)C2(CC2)C1. The smallest absolute Gasteiger partial charge is 0.410 e. The maximum atomic E-state index is 12.1. The average Bonchev–Trinajstić information content (AvgIpc) is 2.81. The quantitative estimate of drug-likeness (QED) is 0.630. The van der Waals surface area contributed by atoms with Crippen LogP contribution >= 0.6 is 0 Å². The number of amides is 1. The molecule has 0 bridgehead atoms. The molecular weight excluding hydrogens is 204 g/mol. The zero-order valence-corrected chi connectivity index (χ0v) is 10.7. The minimum atomic E-state index is -0.392. The van der Waals surface area contributed by atoms with Crippen LogP contribution in [0.15, 0.2) is 0 Å². The molecule has 0 N–H and O–H groups in total. The molecule has 1 saturated carbocycles. The van der Waals surface area contributed by atoms with Crippen molar-refractivity contribution in [1.29, 1.82) is 0 Å². The van der Waals surface area contributed by atoms with Gasteiger partial charge in [-0.1, -0.05) is 0 Å². The van der Waals surface area contributed by atoms with Gasteiger partial charge in [-0.05, 0) is 40.7 Å². The highest BCUT2D eigenvalue weighted by Gasteiger charge is 2.53. The van der Waals surface area contributed by atoms with Crippen molar-refractivity contribution in [2.75, 3.05) is 26.7 Å². The predicted octanol–water partition coefficient (Wildman–Crippen LogP) is 1.70. The Morgan fingerprint density at radius 3 is 2.38 bits per heavy atom. The van der Waals surface area contributed by atoms with E-state index in [-0.39, 0.29) is 11.6 Å². The predicted molar refractivity (Wildman–Crippen MR) is 62.4 cm³/mol. The maximum Gasteiger partial charge on any atom is 0.410 e. The molecule has 2 rings (SSSR count). The Bertz CT molecular complexity index is 292. The molecule has 16 heavy (non-hydrogen) atoms. The fourth-order valence-corrected chi connectivity index (χ4v) is 2.35. The molecule has 0 aromatic rings. The summed E-state index contributed by atoms with van der Waals surface area (Å²) in [4.78, 5) is 16.3. The molecule has 1 spiro atoms. The van der Waals surface area contributed by atoms with Gasteiger partial charge in [-0.25, -0.2) is 4.79 Å². The van der Waals surface area contributed by atoms with E-state index in [4.69, 9.17) is 4.74 Å². The van der Waals surface area contributed by atoms with Gasteiger partial charge in [0.25, 0.3) is 0 Å². The summed E-state index contributed by atoms with van der Waals surface area (Å²) in [5.41, 5.74) is -0.300. The molecule has 0 unspecified atom stereocenters. The van der Waals surface area contributed by atoms with E-state index in [1.165, 1.54) is 0 Å². The van der Waals surface area contributed by atoms with Gasteiger partial charge in [-0.15, -0.1) is 0 Å². The van der Waals surface area contributed by atoms with Crippen molar-refractivity contribution in [1.82, 2.24) is 9.80 Å². The van der Waals surface area contributed by atoms with Gasteiger partial charge in [-0.3, -0.25) is 4.90 Å². The second-order valence-corrected chi connectivity index (χ2v) is 6.09. The van der Waals surface area contributed by atoms with Crippen LogP contribution in [0.3, 0.4) is 0 Å². The van der Waals surface area contributed by atoms with Crippen molar-refractivity contribution in [3.05, 3.63) is 0 Å². The van der Waals surface area contributed by atoms with Gasteiger partial charge in [0.2, 0.25) is 0 Å². The van der Waals surface area contributed by atoms with Crippen LogP contribution in [0.4, 0.5) is 4.79 Å². The summed E-state index contributed by atoms with van der Waals surface area (Å²) < 4.78 is 5.46. The van der Waals surface area contributed by atoms with Crippen molar-refractivity contribution in [3.8, 4) is 0 Å². The molecule has 1 amide bonds. The summed E-state index contributed by atoms with van der Waals surface area (Å²) in [7, 11) is 2.12. The van der Waals surface area contributed by atoms with E-state index in [9.17, 15) is 4.79 Å². The van der Waals surface area contributed by atoms with E-state index in [0.717, 1.165) is 32.5 Å². The number of ether oxygens (including phenoxy) is 1. The van der Waals surface area contributed by atoms with Crippen LogP contribution in [0.2, 0.25) is 0 Å². The summed E-state index contributed by atoms with van der Waals surface area (Å²) in [6.07, 6.45) is 2.10. The highest BCUT2D eigenvalue weighted by molar-refractivity contribution is 5.70. The van der Waals surface area contributed by atoms with Gasteiger partial charge in [0.15, 0.2) is 0 Å². The fourth-order valence-electron chi connectivity index (χ4n) is 2.35. The fraction of sp³-hybridized carbons (Fsp3) is 0.917. The van der Waals surface area contributed by atoms with Crippen molar-refractivity contribution < 1.29 is 9.53 Å². The van der Waals surface area contributed by atoms with Crippen molar-refractivity contribution >= 4 is 6.09 Å². The van der Waals surface area contributed by atoms with Crippen LogP contribution in [0.25, 0.3) is 0 Å². The molecule has 2 aliphatic rings. The van der Waals surface area contributed by atoms with Crippen molar-refractivity contribution in [3.63, 3.8) is 0 Å². The molecule has 4 heteroatoms. The zero-order chi connectivity index (χ0) is 12.0. The van der Waals surface area contributed by atoms with E-state index in [0.29, 0.717) is 0 Å². The molecule has 1 aliphatic heterocycles. The number of likely N-dealkylation sites (N-methyl/N-ethyl adjacent to an activating group) is 1. The second kappa shape index (κ2) is 3.62. The summed E-state index contributed by atoms with van der Waals surface area (Å²) in [6.45, 7) is 8.49. The first-order chi connectivity index (χ1) is 7.32. The molecule has 1 aliphatic carbocycles. The normalized spacial score (nSPS) is 24.6. The van der Waals surface area contributed by atoms with Gasteiger partial charge in [0.1, 0.15) is 5.60 Å². The molecule has 0 radical (unpaired) electrons. The third kappa shape index (κ3) is 2.32. The van der Waals surface area contributed by atoms with E-state index in [1.54, 1.807) is 0 Å². The first-order valence-corrected chi connectivity index (χ1v) is 6.02. The molecule has 1 saturated heterocycles. The highest BCUT2D eigenvalue weighted by Crippen LogP contribution is 2.44. The van der Waals surface area contributed by atoms with Crippen LogP contribution in [0.5, 0.6) is 0 Å². The summed E-state index contributed by atoms with van der Waals surface area (Å²) >= 11 is 0. The topological polar surface area (TPSA) is 32.8 Å². The van der Waals surface area contributed by atoms with E-state index in [1.807, 2.05) is 25.7 Å². The first-order valence-electron chi connectivity index (χ1n) is 6.02. The lowest BCUT2D eigenvalue weighted by Crippen LogP contribution is -2.56. The Labute approximate surface area is 97.5 Å². The standard InChI is InChI=1S/C12H22N2O2/c1-11(2,3)16-10(15)14-8-7-13(4)9-12(14)5-6-12/h5-9H2,1-4H3. The largest absolute Gasteiger partial charge is 0.444 e. The minimum Gasteiger partial charge on any atom is -0.444 e. The third-order valence-electron chi connectivity index (χ3n) is 3.28. The lowest BCUT2D eigenvalue weighted by Gasteiger charge is -2.41. The molecule has 0 aromatic carbocycles. The monoisotopic (exact) mass is 226 g/mol. The number of rotatable bonds is 0. The van der Waals surface area contributed by atoms with Crippen molar-refractivity contribution in [2.45, 2.75) is 44.8 Å². The Morgan fingerprint density at radius 2 is 1.88 bits per heavy atom. The highest BCUT2D eigenvalue weighted by atomic mass is 16.6. The Balaban J connectivity index is 2.01. The van der Waals surface area contributed by atoms with E-state index in [2.05, 4.69) is 11.9 Å². The minimum absolute atomic E-state index is 0.0926. The van der Waals surface area contributed by atoms with Gasteiger partial charge in [0, 0.05) is 19.6 Å². The van der Waals surface area contributed by atoms with E-state index >= 15 is 0 Å². The second-order valence-electron chi connectivity index (χ2n) is 6.09. The third-order valence-corrected chi connectivity index (χ3v) is 3.28. The van der Waals surface area contributed by atoms with Crippen LogP contribution < -0.4 is 0 Å². The van der Waals surface area contributed by atoms with Crippen LogP contribution in [-0.2, 0) is 4.74 Å². The summed E-state index contributed by atoms with van der Waals surface area (Å²) in [5.74, 6) is 0. The number of carbonyl (C=O) groups is 1. The Hall–Kier alpha value is -0.770. The van der Waals surface area contributed by atoms with Crippen molar-refractivity contribution in [2.24, 2.45) is 0 Å². The Morgan fingerprint density at radius 1 is 1.25 bits per heavy atom. The number of hydrogen-bond acceptors (Lipinski definition) is 3. The summed E-state index contributed by atoms with van der Waals surface area (Å²) in [5, 5.41) is 0. The maximum absolute atomic E-state index is 12.1. The number of hydrogen-bond donors (Lipinski definition) is 0. The number of nitrogens with zero attached hydrogens (tertiary/aromatic N) is 2. The molecule has 2 fully saturated rings. The molecule has 1 heterocycles. The van der Waals surface area contributed by atoms with Gasteiger partial charge in [-0.2, -0.15) is 0 Å². The Kier molecular flexibility index (Phi) is 2.65. The number of piperazine rings is 1. The molecule has 0 aromatic heterocycles. The molecule has 4 nitrogen and oxygen atoms in total. The van der Waals surface area contributed by atoms with Gasteiger partial charge in [0.05, 0.1) is 5.54 Å². The summed E-state index contributed by atoms with van der Waals surface area (Å²) in [6, 6.07) is 0.